The largest absolute Gasteiger partial charge is 0.340 e. The van der Waals surface area contributed by atoms with Crippen molar-refractivity contribution in [2.75, 3.05) is 19.6 Å². The summed E-state index contributed by atoms with van der Waals surface area (Å²) >= 11 is 0. The molecule has 1 aromatic heterocycles. The van der Waals surface area contributed by atoms with E-state index in [1.165, 1.54) is 23.9 Å². The molecule has 1 N–H and O–H groups in total. The van der Waals surface area contributed by atoms with Crippen LogP contribution in [0.2, 0.25) is 0 Å². The summed E-state index contributed by atoms with van der Waals surface area (Å²) in [7, 11) is 0. The molecular weight excluding hydrogens is 244 g/mol. The van der Waals surface area contributed by atoms with E-state index < -0.39 is 0 Å². The predicted molar refractivity (Wildman–Crippen MR) is 70.3 cm³/mol. The molecule has 0 aliphatic carbocycles. The van der Waals surface area contributed by atoms with Crippen molar-refractivity contribution in [3.8, 4) is 0 Å². The van der Waals surface area contributed by atoms with Gasteiger partial charge in [0.25, 0.3) is 0 Å². The van der Waals surface area contributed by atoms with Gasteiger partial charge in [0.1, 0.15) is 12.9 Å². The van der Waals surface area contributed by atoms with E-state index in [4.69, 9.17) is 0 Å². The lowest BCUT2D eigenvalue weighted by molar-refractivity contribution is -0.132. The first-order valence-corrected chi connectivity index (χ1v) is 7.01. The number of nitrogens with one attached hydrogen (secondary N) is 1. The van der Waals surface area contributed by atoms with Crippen molar-refractivity contribution in [2.45, 2.75) is 45.2 Å². The molecule has 1 unspecified atom stereocenters. The summed E-state index contributed by atoms with van der Waals surface area (Å²) in [6.45, 7) is 4.95. The van der Waals surface area contributed by atoms with Gasteiger partial charge in [-0.25, -0.2) is 4.68 Å². The second kappa shape index (κ2) is 7.18. The van der Waals surface area contributed by atoms with E-state index in [-0.39, 0.29) is 12.5 Å². The lowest BCUT2D eigenvalue weighted by Crippen LogP contribution is -2.46. The number of hydrogen-bond donors (Lipinski definition) is 1. The van der Waals surface area contributed by atoms with Gasteiger partial charge in [0, 0.05) is 19.1 Å². The van der Waals surface area contributed by atoms with Gasteiger partial charge in [-0.15, -0.1) is 5.10 Å². The lowest BCUT2D eigenvalue weighted by atomic mass is 10.0. The van der Waals surface area contributed by atoms with E-state index in [1.807, 2.05) is 4.90 Å². The van der Waals surface area contributed by atoms with Crippen molar-refractivity contribution in [3.63, 3.8) is 0 Å². The molecule has 0 bridgehead atoms. The number of nitrogens with zero attached hydrogens (tertiary/aromatic N) is 5. The molecule has 19 heavy (non-hydrogen) atoms. The van der Waals surface area contributed by atoms with E-state index in [2.05, 4.69) is 27.8 Å². The summed E-state index contributed by atoms with van der Waals surface area (Å²) in [4.78, 5) is 14.2. The van der Waals surface area contributed by atoms with Crippen molar-refractivity contribution in [2.24, 2.45) is 0 Å². The molecule has 7 heteroatoms. The molecule has 2 heterocycles. The van der Waals surface area contributed by atoms with Crippen molar-refractivity contribution in [1.29, 1.82) is 0 Å². The van der Waals surface area contributed by atoms with E-state index in [1.54, 1.807) is 0 Å². The number of carbonyl (C=O) groups excluding carboxylic acids is 1. The van der Waals surface area contributed by atoms with Gasteiger partial charge in [-0.1, -0.05) is 13.3 Å². The lowest BCUT2D eigenvalue weighted by Gasteiger charge is -2.30. The van der Waals surface area contributed by atoms with Gasteiger partial charge in [0.15, 0.2) is 0 Å². The minimum Gasteiger partial charge on any atom is -0.340 e. The first-order valence-electron chi connectivity index (χ1n) is 7.01. The number of carbonyl (C=O) groups is 1. The second-order valence-corrected chi connectivity index (χ2v) is 4.99. The second-order valence-electron chi connectivity index (χ2n) is 4.99. The Morgan fingerprint density at radius 1 is 1.53 bits per heavy atom. The first-order chi connectivity index (χ1) is 9.29. The fourth-order valence-electron chi connectivity index (χ4n) is 2.42. The summed E-state index contributed by atoms with van der Waals surface area (Å²) in [6, 6.07) is 0.429. The summed E-state index contributed by atoms with van der Waals surface area (Å²) in [5.74, 6) is 0.0847. The van der Waals surface area contributed by atoms with Gasteiger partial charge in [0.05, 0.1) is 0 Å². The quantitative estimate of drug-likeness (QED) is 0.787. The molecule has 1 atom stereocenters. The number of hydrogen-bond acceptors (Lipinski definition) is 5. The Morgan fingerprint density at radius 2 is 2.42 bits per heavy atom. The van der Waals surface area contributed by atoms with E-state index >= 15 is 0 Å². The Hall–Kier alpha value is -1.50. The maximum atomic E-state index is 12.3. The topological polar surface area (TPSA) is 75.9 Å². The molecule has 1 aromatic rings. The fraction of sp³-hybridized carbons (Fsp3) is 0.833. The molecule has 1 aliphatic rings. The van der Waals surface area contributed by atoms with Crippen LogP contribution in [0.5, 0.6) is 0 Å². The highest BCUT2D eigenvalue weighted by molar-refractivity contribution is 5.75. The highest BCUT2D eigenvalue weighted by Crippen LogP contribution is 2.09. The Balaban J connectivity index is 1.88. The van der Waals surface area contributed by atoms with Crippen LogP contribution in [0.25, 0.3) is 0 Å². The SMILES string of the molecule is CCCN(CC1CCCCN1)C(=O)Cn1cnnn1. The van der Waals surface area contributed by atoms with Gasteiger partial charge in [-0.05, 0) is 36.2 Å². The van der Waals surface area contributed by atoms with Gasteiger partial charge in [0.2, 0.25) is 5.91 Å². The third-order valence-electron chi connectivity index (χ3n) is 3.39. The molecule has 1 amide bonds. The van der Waals surface area contributed by atoms with Gasteiger partial charge >= 0.3 is 0 Å². The molecule has 0 radical (unpaired) electrons. The van der Waals surface area contributed by atoms with Crippen LogP contribution in [0.4, 0.5) is 0 Å². The van der Waals surface area contributed by atoms with Crippen LogP contribution in [0.15, 0.2) is 6.33 Å². The number of aromatic nitrogens is 4. The number of piperidine rings is 1. The molecule has 7 nitrogen and oxygen atoms in total. The zero-order valence-corrected chi connectivity index (χ0v) is 11.5. The third-order valence-corrected chi connectivity index (χ3v) is 3.39. The van der Waals surface area contributed by atoms with E-state index in [0.717, 1.165) is 32.5 Å². The number of tetrazole rings is 1. The average molecular weight is 266 g/mol. The van der Waals surface area contributed by atoms with E-state index in [0.29, 0.717) is 6.04 Å². The third kappa shape index (κ3) is 4.27. The summed E-state index contributed by atoms with van der Waals surface area (Å²) < 4.78 is 1.47. The Labute approximate surface area is 113 Å². The zero-order chi connectivity index (χ0) is 13.5. The molecule has 1 fully saturated rings. The predicted octanol–water partition coefficient (Wildman–Crippen LogP) is 0.0538. The van der Waals surface area contributed by atoms with E-state index in [9.17, 15) is 4.79 Å². The normalized spacial score (nSPS) is 19.3. The van der Waals surface area contributed by atoms with Crippen LogP contribution < -0.4 is 5.32 Å². The van der Waals surface area contributed by atoms with Crippen LogP contribution in [-0.4, -0.2) is 56.7 Å². The highest BCUT2D eigenvalue weighted by Gasteiger charge is 2.20. The standard InChI is InChI=1S/C12H22N6O/c1-2-7-17(8-11-5-3-4-6-13-11)12(19)9-18-10-14-15-16-18/h10-11,13H,2-9H2,1H3. The highest BCUT2D eigenvalue weighted by atomic mass is 16.2. The van der Waals surface area contributed by atoms with Gasteiger partial charge in [-0.3, -0.25) is 4.79 Å². The van der Waals surface area contributed by atoms with Crippen molar-refractivity contribution in [1.82, 2.24) is 30.4 Å². The Kier molecular flexibility index (Phi) is 5.26. The van der Waals surface area contributed by atoms with Crippen LogP contribution in [0.3, 0.4) is 0 Å². The Morgan fingerprint density at radius 3 is 3.05 bits per heavy atom. The molecular formula is C12H22N6O. The number of amides is 1. The molecule has 0 spiro atoms. The summed E-state index contributed by atoms with van der Waals surface area (Å²) in [5, 5.41) is 14.3. The van der Waals surface area contributed by atoms with Crippen LogP contribution >= 0.6 is 0 Å². The first kappa shape index (κ1) is 13.9. The minimum absolute atomic E-state index is 0.0847. The monoisotopic (exact) mass is 266 g/mol. The molecule has 1 aliphatic heterocycles. The van der Waals surface area contributed by atoms with Gasteiger partial charge in [-0.2, -0.15) is 0 Å². The molecule has 2 rings (SSSR count). The van der Waals surface area contributed by atoms with Crippen molar-refractivity contribution >= 4 is 5.91 Å². The molecule has 0 saturated carbocycles. The molecule has 0 aromatic carbocycles. The Bertz CT molecular complexity index is 374. The fourth-order valence-corrected chi connectivity index (χ4v) is 2.42. The molecule has 106 valence electrons. The van der Waals surface area contributed by atoms with Crippen LogP contribution in [0.1, 0.15) is 32.6 Å². The smallest absolute Gasteiger partial charge is 0.244 e. The average Bonchev–Trinajstić information content (AvgIpc) is 2.92. The van der Waals surface area contributed by atoms with Gasteiger partial charge < -0.3 is 10.2 Å². The maximum Gasteiger partial charge on any atom is 0.244 e. The van der Waals surface area contributed by atoms with Crippen LogP contribution in [0, 0.1) is 0 Å². The zero-order valence-electron chi connectivity index (χ0n) is 11.5. The minimum atomic E-state index is 0.0847. The number of rotatable bonds is 6. The van der Waals surface area contributed by atoms with Crippen molar-refractivity contribution < 1.29 is 4.79 Å². The maximum absolute atomic E-state index is 12.3. The summed E-state index contributed by atoms with van der Waals surface area (Å²) in [6.07, 6.45) is 6.08. The molecule has 1 saturated heterocycles. The van der Waals surface area contributed by atoms with Crippen LogP contribution in [-0.2, 0) is 11.3 Å². The van der Waals surface area contributed by atoms with Crippen molar-refractivity contribution in [3.05, 3.63) is 6.33 Å². The summed E-state index contributed by atoms with van der Waals surface area (Å²) in [5.41, 5.74) is 0.